The predicted octanol–water partition coefficient (Wildman–Crippen LogP) is 2.11. The predicted molar refractivity (Wildman–Crippen MR) is 115 cm³/mol. The molecule has 0 unspecified atom stereocenters. The Kier molecular flexibility index (Phi) is 4.76. The summed E-state index contributed by atoms with van der Waals surface area (Å²) in [4.78, 5) is 12.1. The van der Waals surface area contributed by atoms with Gasteiger partial charge in [0.1, 0.15) is 17.7 Å². The fourth-order valence-corrected chi connectivity index (χ4v) is 5.15. The molecular weight excluding hydrogens is 396 g/mol. The van der Waals surface area contributed by atoms with Gasteiger partial charge < -0.3 is 19.7 Å². The van der Waals surface area contributed by atoms with Crippen LogP contribution in [0.3, 0.4) is 0 Å². The Morgan fingerprint density at radius 1 is 1.10 bits per heavy atom. The number of nitrogens with zero attached hydrogens (tertiary/aromatic N) is 6. The molecule has 3 saturated heterocycles. The number of aromatic nitrogens is 6. The van der Waals surface area contributed by atoms with Crippen molar-refractivity contribution in [3.05, 3.63) is 18.7 Å². The first kappa shape index (κ1) is 19.0. The number of H-pyrrole nitrogens is 1. The number of ether oxygens (including phenoxy) is 2. The zero-order valence-electron chi connectivity index (χ0n) is 17.6. The van der Waals surface area contributed by atoms with Crippen molar-refractivity contribution in [3.63, 3.8) is 0 Å². The van der Waals surface area contributed by atoms with E-state index in [0.29, 0.717) is 17.4 Å². The van der Waals surface area contributed by atoms with Crippen molar-refractivity contribution < 1.29 is 9.47 Å². The Hall–Kier alpha value is -2.72. The molecule has 0 saturated carbocycles. The second-order valence-electron chi connectivity index (χ2n) is 8.95. The van der Waals surface area contributed by atoms with Gasteiger partial charge in [0, 0.05) is 57.3 Å². The number of anilines is 2. The van der Waals surface area contributed by atoms with E-state index in [1.807, 2.05) is 12.4 Å². The van der Waals surface area contributed by atoms with Crippen LogP contribution in [-0.4, -0.2) is 75.3 Å². The quantitative estimate of drug-likeness (QED) is 0.656. The molecular formula is C21H28N8O2. The molecule has 3 aromatic heterocycles. The first-order valence-electron chi connectivity index (χ1n) is 11.2. The third-order valence-electron chi connectivity index (χ3n) is 7.00. The smallest absolute Gasteiger partial charge is 0.243 e. The van der Waals surface area contributed by atoms with Crippen LogP contribution >= 0.6 is 0 Å². The minimum atomic E-state index is 0.321. The van der Waals surface area contributed by atoms with Gasteiger partial charge in [-0.3, -0.25) is 5.10 Å². The second-order valence-corrected chi connectivity index (χ2v) is 8.95. The summed E-state index contributed by atoms with van der Waals surface area (Å²) in [5.74, 6) is 0.652. The van der Waals surface area contributed by atoms with E-state index >= 15 is 0 Å². The van der Waals surface area contributed by atoms with Crippen LogP contribution in [-0.2, 0) is 9.47 Å². The molecule has 0 amide bonds. The Morgan fingerprint density at radius 3 is 2.74 bits per heavy atom. The Morgan fingerprint density at radius 2 is 1.94 bits per heavy atom. The van der Waals surface area contributed by atoms with Crippen LogP contribution in [0.5, 0.6) is 0 Å². The normalized spacial score (nSPS) is 21.9. The maximum Gasteiger partial charge on any atom is 0.243 e. The number of fused-ring (bicyclic) bond motifs is 1. The molecule has 0 bridgehead atoms. The number of aromatic amines is 1. The van der Waals surface area contributed by atoms with Crippen LogP contribution in [0.25, 0.3) is 16.9 Å². The first-order valence-corrected chi connectivity index (χ1v) is 11.2. The van der Waals surface area contributed by atoms with Crippen LogP contribution in [0.1, 0.15) is 32.1 Å². The van der Waals surface area contributed by atoms with Crippen molar-refractivity contribution in [1.29, 1.82) is 0 Å². The molecule has 2 N–H and O–H groups in total. The number of rotatable bonds is 4. The summed E-state index contributed by atoms with van der Waals surface area (Å²) >= 11 is 0. The van der Waals surface area contributed by atoms with E-state index in [2.05, 4.69) is 25.5 Å². The molecule has 164 valence electrons. The Balaban J connectivity index is 1.38. The zero-order chi connectivity index (χ0) is 20.7. The van der Waals surface area contributed by atoms with Crippen molar-refractivity contribution in [2.45, 2.75) is 38.1 Å². The van der Waals surface area contributed by atoms with E-state index in [9.17, 15) is 0 Å². The molecule has 3 aliphatic heterocycles. The van der Waals surface area contributed by atoms with Gasteiger partial charge >= 0.3 is 0 Å². The van der Waals surface area contributed by atoms with E-state index < -0.39 is 0 Å². The van der Waals surface area contributed by atoms with Crippen molar-refractivity contribution in [3.8, 4) is 11.3 Å². The van der Waals surface area contributed by atoms with E-state index in [0.717, 1.165) is 87.8 Å². The van der Waals surface area contributed by atoms with Crippen LogP contribution in [0.15, 0.2) is 18.7 Å². The molecule has 6 heterocycles. The fourth-order valence-electron chi connectivity index (χ4n) is 5.15. The maximum absolute atomic E-state index is 5.64. The molecule has 10 heteroatoms. The van der Waals surface area contributed by atoms with Gasteiger partial charge in [0.2, 0.25) is 5.95 Å². The van der Waals surface area contributed by atoms with Crippen molar-refractivity contribution in [2.75, 3.05) is 49.7 Å². The molecule has 3 aliphatic rings. The third kappa shape index (κ3) is 3.53. The molecule has 0 atom stereocenters. The highest BCUT2D eigenvalue weighted by Crippen LogP contribution is 2.44. The summed E-state index contributed by atoms with van der Waals surface area (Å²) in [7, 11) is 0. The van der Waals surface area contributed by atoms with Crippen molar-refractivity contribution in [1.82, 2.24) is 29.8 Å². The Bertz CT molecular complexity index is 1040. The minimum absolute atomic E-state index is 0.321. The second kappa shape index (κ2) is 7.76. The lowest BCUT2D eigenvalue weighted by atomic mass is 9.80. The van der Waals surface area contributed by atoms with Crippen LogP contribution < -0.4 is 10.2 Å². The summed E-state index contributed by atoms with van der Waals surface area (Å²) < 4.78 is 12.9. The third-order valence-corrected chi connectivity index (χ3v) is 7.00. The molecule has 31 heavy (non-hydrogen) atoms. The van der Waals surface area contributed by atoms with Gasteiger partial charge in [-0.25, -0.2) is 4.98 Å². The first-order chi connectivity index (χ1) is 15.3. The number of hydrogen-bond donors (Lipinski definition) is 2. The van der Waals surface area contributed by atoms with Gasteiger partial charge in [0.15, 0.2) is 5.65 Å². The monoisotopic (exact) mass is 424 g/mol. The molecule has 6 rings (SSSR count). The highest BCUT2D eigenvalue weighted by atomic mass is 16.5. The van der Waals surface area contributed by atoms with E-state index in [1.54, 1.807) is 10.8 Å². The van der Waals surface area contributed by atoms with Gasteiger partial charge in [-0.2, -0.15) is 14.6 Å². The molecule has 1 spiro atoms. The van der Waals surface area contributed by atoms with Gasteiger partial charge in [0.25, 0.3) is 0 Å². The van der Waals surface area contributed by atoms with Gasteiger partial charge in [0.05, 0.1) is 6.20 Å². The summed E-state index contributed by atoms with van der Waals surface area (Å²) in [5.41, 5.74) is 4.06. The molecule has 3 fully saturated rings. The fraction of sp³-hybridized carbons (Fsp3) is 0.619. The highest BCUT2D eigenvalue weighted by molar-refractivity contribution is 5.85. The Labute approximate surface area is 180 Å². The summed E-state index contributed by atoms with van der Waals surface area (Å²) in [6.07, 6.45) is 10.8. The summed E-state index contributed by atoms with van der Waals surface area (Å²) in [6, 6.07) is 0.341. The topological polar surface area (TPSA) is 105 Å². The maximum atomic E-state index is 5.64. The molecule has 0 aromatic carbocycles. The average Bonchev–Trinajstić information content (AvgIpc) is 3.54. The van der Waals surface area contributed by atoms with Gasteiger partial charge in [-0.15, -0.1) is 5.10 Å². The number of hydrogen-bond acceptors (Lipinski definition) is 8. The number of nitrogens with one attached hydrogen (secondary N) is 2. The largest absolute Gasteiger partial charge is 0.381 e. The lowest BCUT2D eigenvalue weighted by molar-refractivity contribution is 0.0254. The summed E-state index contributed by atoms with van der Waals surface area (Å²) in [6.45, 7) is 5.26. The average molecular weight is 425 g/mol. The van der Waals surface area contributed by atoms with E-state index in [4.69, 9.17) is 19.4 Å². The van der Waals surface area contributed by atoms with Gasteiger partial charge in [-0.05, 0) is 37.5 Å². The lowest BCUT2D eigenvalue weighted by Crippen LogP contribution is -2.33. The van der Waals surface area contributed by atoms with Crippen LogP contribution in [0.2, 0.25) is 0 Å². The molecule has 3 aromatic rings. The standard InChI is InChI=1S/C21H28N8O2/c1-7-30-8-2-16(1)25-20-26-19-18(28-6-3-21(13-28)4-9-31-10-5-21)17(15-11-23-24-12-15)22-14-29(19)27-20/h11-12,14,16H,1-10,13H2,(H,23,24)(H,25,27). The van der Waals surface area contributed by atoms with E-state index in [-0.39, 0.29) is 0 Å². The molecule has 0 radical (unpaired) electrons. The van der Waals surface area contributed by atoms with E-state index in [1.165, 1.54) is 6.42 Å². The molecule has 10 nitrogen and oxygen atoms in total. The lowest BCUT2D eigenvalue weighted by Gasteiger charge is -2.33. The SMILES string of the molecule is c1n[nH]cc1-c1ncn2nc(NC3CCOCC3)nc2c1N1CCC2(CCOCC2)C1. The molecule has 0 aliphatic carbocycles. The van der Waals surface area contributed by atoms with Gasteiger partial charge in [-0.1, -0.05) is 0 Å². The van der Waals surface area contributed by atoms with Crippen molar-refractivity contribution >= 4 is 17.3 Å². The van der Waals surface area contributed by atoms with Crippen LogP contribution in [0.4, 0.5) is 11.6 Å². The highest BCUT2D eigenvalue weighted by Gasteiger charge is 2.41. The summed E-state index contributed by atoms with van der Waals surface area (Å²) in [5, 5.41) is 15.2. The zero-order valence-corrected chi connectivity index (χ0v) is 17.6. The minimum Gasteiger partial charge on any atom is -0.381 e. The van der Waals surface area contributed by atoms with Crippen molar-refractivity contribution in [2.24, 2.45) is 5.41 Å². The van der Waals surface area contributed by atoms with Crippen LogP contribution in [0, 0.1) is 5.41 Å².